The van der Waals surface area contributed by atoms with Crippen LogP contribution in [0.5, 0.6) is 0 Å². The summed E-state index contributed by atoms with van der Waals surface area (Å²) in [5.74, 6) is 1.61. The Balaban J connectivity index is 0.00000289. The van der Waals surface area contributed by atoms with E-state index in [4.69, 9.17) is 4.74 Å². The van der Waals surface area contributed by atoms with Crippen molar-refractivity contribution in [2.75, 3.05) is 32.6 Å². The summed E-state index contributed by atoms with van der Waals surface area (Å²) in [6.45, 7) is 7.84. The largest absolute Gasteiger partial charge is 0.481 e. The molecule has 0 bridgehead atoms. The fourth-order valence-electron chi connectivity index (χ4n) is 3.03. The molecule has 0 saturated carbocycles. The van der Waals surface area contributed by atoms with Crippen molar-refractivity contribution in [3.05, 3.63) is 84.0 Å². The number of nitrogens with one attached hydrogen (secondary N) is 2. The van der Waals surface area contributed by atoms with Crippen LogP contribution in [0.4, 0.5) is 5.69 Å². The number of ether oxygens (including phenoxy) is 1. The monoisotopic (exact) mass is 435 g/mol. The van der Waals surface area contributed by atoms with E-state index in [-0.39, 0.29) is 15.3 Å². The van der Waals surface area contributed by atoms with E-state index in [0.717, 1.165) is 22.9 Å². The molecule has 1 aromatic rings. The molecule has 9 nitrogen and oxygen atoms in total. The van der Waals surface area contributed by atoms with Crippen molar-refractivity contribution in [3.8, 4) is 0 Å². The first kappa shape index (κ1) is 22.5. The maximum Gasteiger partial charge on any atom is 0.309 e. The molecule has 3 rings (SSSR count). The van der Waals surface area contributed by atoms with E-state index >= 15 is 0 Å². The average molecular weight is 436 g/mol. The summed E-state index contributed by atoms with van der Waals surface area (Å²) in [6.07, 6.45) is 8.79. The molecule has 1 aromatic carbocycles. The van der Waals surface area contributed by atoms with Gasteiger partial charge in [-0.25, -0.2) is 9.57 Å². The number of rotatable bonds is 9. The zero-order valence-corrected chi connectivity index (χ0v) is 18.1. The lowest BCUT2D eigenvalue weighted by atomic mass is 10.1. The van der Waals surface area contributed by atoms with Crippen LogP contribution in [0.2, 0.25) is 0 Å². The number of carbonyl (C=O) groups is 1. The van der Waals surface area contributed by atoms with Crippen LogP contribution in [-0.2, 0) is 4.74 Å². The van der Waals surface area contributed by atoms with Gasteiger partial charge >= 0.3 is 11.7 Å². The number of amidine groups is 1. The zero-order valence-electron chi connectivity index (χ0n) is 18.1. The SMILES string of the molecule is C=C/C(CNC(=O)c1cccc(NCC2=[N+](C)/C(=C3\[CH]C=NC=C3)N=N2)c1)=C(\N=C)OC.[HH].[HH]. The molecule has 2 heterocycles. The number of anilines is 1. The normalized spacial score (nSPS) is 17.8. The second-order valence-corrected chi connectivity index (χ2v) is 6.75. The first-order valence-electron chi connectivity index (χ1n) is 9.84. The fourth-order valence-corrected chi connectivity index (χ4v) is 3.03. The number of hydrogen-bond donors (Lipinski definition) is 2. The van der Waals surface area contributed by atoms with E-state index in [1.165, 1.54) is 7.11 Å². The number of methoxy groups -OCH3 is 1. The van der Waals surface area contributed by atoms with Gasteiger partial charge in [0.25, 0.3) is 5.91 Å². The number of benzene rings is 1. The number of azo groups is 1. The predicted molar refractivity (Wildman–Crippen MR) is 130 cm³/mol. The van der Waals surface area contributed by atoms with Crippen LogP contribution in [0.15, 0.2) is 92.3 Å². The number of allylic oxidation sites excluding steroid dienone is 2. The first-order valence-corrected chi connectivity index (χ1v) is 9.84. The van der Waals surface area contributed by atoms with Crippen molar-refractivity contribution in [2.24, 2.45) is 20.2 Å². The van der Waals surface area contributed by atoms with Gasteiger partial charge in [0, 0.05) is 50.6 Å². The highest BCUT2D eigenvalue weighted by Gasteiger charge is 2.26. The summed E-state index contributed by atoms with van der Waals surface area (Å²) < 4.78 is 7.04. The lowest BCUT2D eigenvalue weighted by Crippen LogP contribution is -2.26. The summed E-state index contributed by atoms with van der Waals surface area (Å²) in [5.41, 5.74) is 2.88. The highest BCUT2D eigenvalue weighted by atomic mass is 16.5. The van der Waals surface area contributed by atoms with E-state index in [2.05, 4.69) is 44.1 Å². The van der Waals surface area contributed by atoms with Crippen molar-refractivity contribution in [2.45, 2.75) is 0 Å². The predicted octanol–water partition coefficient (Wildman–Crippen LogP) is 3.59. The Kier molecular flexibility index (Phi) is 7.58. The quantitative estimate of drug-likeness (QED) is 0.268. The van der Waals surface area contributed by atoms with Gasteiger partial charge in [0.05, 0.1) is 24.4 Å². The van der Waals surface area contributed by atoms with Crippen molar-refractivity contribution in [1.29, 1.82) is 0 Å². The molecule has 0 atom stereocenters. The van der Waals surface area contributed by atoms with Crippen LogP contribution >= 0.6 is 0 Å². The molecule has 0 unspecified atom stereocenters. The zero-order chi connectivity index (χ0) is 22.9. The molecule has 167 valence electrons. The summed E-state index contributed by atoms with van der Waals surface area (Å²) in [6, 6.07) is 7.21. The number of amides is 1. The topological polar surface area (TPSA) is 103 Å². The van der Waals surface area contributed by atoms with Gasteiger partial charge in [-0.2, -0.15) is 0 Å². The van der Waals surface area contributed by atoms with Gasteiger partial charge in [-0.15, -0.1) is 0 Å². The highest BCUT2D eigenvalue weighted by Crippen LogP contribution is 2.19. The molecular weight excluding hydrogens is 406 g/mol. The van der Waals surface area contributed by atoms with Gasteiger partial charge < -0.3 is 15.4 Å². The second kappa shape index (κ2) is 10.8. The minimum absolute atomic E-state index is 0. The van der Waals surface area contributed by atoms with Gasteiger partial charge in [0.15, 0.2) is 0 Å². The summed E-state index contributed by atoms with van der Waals surface area (Å²) in [7, 11) is 3.40. The Hall–Kier alpha value is -4.14. The van der Waals surface area contributed by atoms with Crippen LogP contribution < -0.4 is 10.6 Å². The highest BCUT2D eigenvalue weighted by molar-refractivity contribution is 5.95. The molecule has 2 N–H and O–H groups in total. The molecule has 32 heavy (non-hydrogen) atoms. The van der Waals surface area contributed by atoms with E-state index in [1.54, 1.807) is 30.6 Å². The van der Waals surface area contributed by atoms with Crippen molar-refractivity contribution in [1.82, 2.24) is 5.32 Å². The third-order valence-electron chi connectivity index (χ3n) is 4.78. The van der Waals surface area contributed by atoms with Crippen LogP contribution in [0.3, 0.4) is 0 Å². The molecule has 1 amide bonds. The molecule has 1 radical (unpaired) electrons. The molecule has 9 heteroatoms. The molecule has 2 aliphatic heterocycles. The molecular formula is C23H29N7O2+. The maximum atomic E-state index is 12.6. The summed E-state index contributed by atoms with van der Waals surface area (Å²) in [4.78, 5) is 20.4. The molecule has 0 aliphatic carbocycles. The molecule has 0 spiro atoms. The molecule has 0 saturated heterocycles. The Bertz CT molecular complexity index is 1120. The van der Waals surface area contributed by atoms with Crippen LogP contribution in [-0.4, -0.2) is 56.5 Å². The lowest BCUT2D eigenvalue weighted by Gasteiger charge is -2.10. The Morgan fingerprint density at radius 3 is 2.91 bits per heavy atom. The number of aliphatic imine (C=N–C) groups is 2. The minimum atomic E-state index is -0.230. The van der Waals surface area contributed by atoms with Crippen LogP contribution in [0.1, 0.15) is 13.2 Å². The maximum absolute atomic E-state index is 12.6. The van der Waals surface area contributed by atoms with Gasteiger partial charge in [-0.1, -0.05) is 18.7 Å². The van der Waals surface area contributed by atoms with Crippen molar-refractivity contribution in [3.63, 3.8) is 0 Å². The van der Waals surface area contributed by atoms with Gasteiger partial charge in [0.2, 0.25) is 5.88 Å². The molecule has 0 fully saturated rings. The Morgan fingerprint density at radius 2 is 2.22 bits per heavy atom. The standard InChI is InChI=1S/C23H24N7O2.2H2/c1-5-16(23(24-2)32-4)14-27-22(31)18-7-6-8-19(13-18)26-15-20-28-29-21(30(20)3)17-9-11-25-12-10-17;;/h5-13,26H,1-2,14-15H2,3-4H3;2*1H/p+1/b23-16-;;. The Morgan fingerprint density at radius 1 is 1.38 bits per heavy atom. The first-order chi connectivity index (χ1) is 15.6. The fraction of sp³-hybridized carbons (Fsp3) is 0.174. The van der Waals surface area contributed by atoms with Gasteiger partial charge in [-0.3, -0.25) is 9.79 Å². The second-order valence-electron chi connectivity index (χ2n) is 6.75. The number of nitrogens with zero attached hydrogens (tertiary/aromatic N) is 5. The van der Waals surface area contributed by atoms with Gasteiger partial charge in [-0.05, 0) is 31.0 Å². The Labute approximate surface area is 190 Å². The molecule has 0 aromatic heterocycles. The van der Waals surface area contributed by atoms with Crippen LogP contribution in [0.25, 0.3) is 0 Å². The number of hydrogen-bond acceptors (Lipinski definition) is 7. The lowest BCUT2D eigenvalue weighted by molar-refractivity contribution is -0.441. The van der Waals surface area contributed by atoms with E-state index in [0.29, 0.717) is 23.6 Å². The third kappa shape index (κ3) is 5.31. The van der Waals surface area contributed by atoms with E-state index in [9.17, 15) is 4.79 Å². The smallest absolute Gasteiger partial charge is 0.309 e. The van der Waals surface area contributed by atoms with Gasteiger partial charge in [0.1, 0.15) is 6.54 Å². The van der Waals surface area contributed by atoms with E-state index < -0.39 is 0 Å². The van der Waals surface area contributed by atoms with E-state index in [1.807, 2.05) is 36.3 Å². The molecule has 2 aliphatic rings. The number of carbonyl (C=O) groups excluding carboxylic acids is 1. The summed E-state index contributed by atoms with van der Waals surface area (Å²) >= 11 is 0. The minimum Gasteiger partial charge on any atom is -0.481 e. The average Bonchev–Trinajstić information content (AvgIpc) is 3.21. The van der Waals surface area contributed by atoms with Crippen LogP contribution in [0, 0.1) is 6.42 Å². The summed E-state index contributed by atoms with van der Waals surface area (Å²) in [5, 5.41) is 14.7. The van der Waals surface area contributed by atoms with Crippen molar-refractivity contribution < 1.29 is 17.0 Å². The third-order valence-corrected chi connectivity index (χ3v) is 4.78. The van der Waals surface area contributed by atoms with Crippen molar-refractivity contribution >= 4 is 30.4 Å².